The molecule has 1 aromatic heterocycles. The van der Waals surface area contributed by atoms with Gasteiger partial charge in [0.1, 0.15) is 0 Å². The third-order valence-corrected chi connectivity index (χ3v) is 4.06. The topological polar surface area (TPSA) is 56.3 Å². The molecule has 1 aliphatic rings. The van der Waals surface area contributed by atoms with Crippen LogP contribution in [0.15, 0.2) is 42.7 Å². The van der Waals surface area contributed by atoms with Gasteiger partial charge >= 0.3 is 0 Å². The molecule has 3 rings (SSSR count). The third kappa shape index (κ3) is 2.85. The lowest BCUT2D eigenvalue weighted by Crippen LogP contribution is -2.47. The summed E-state index contributed by atoms with van der Waals surface area (Å²) in [7, 11) is 0. The van der Waals surface area contributed by atoms with Crippen LogP contribution in [0.1, 0.15) is 18.5 Å². The number of hydrogen-bond acceptors (Lipinski definition) is 4. The van der Waals surface area contributed by atoms with Gasteiger partial charge in [0.2, 0.25) is 0 Å². The molecule has 1 aromatic carbocycles. The molecule has 2 unspecified atom stereocenters. The van der Waals surface area contributed by atoms with Gasteiger partial charge in [0, 0.05) is 24.8 Å². The van der Waals surface area contributed by atoms with Crippen LogP contribution in [0, 0.1) is 0 Å². The second-order valence-corrected chi connectivity index (χ2v) is 5.27. The Morgan fingerprint density at radius 3 is 2.86 bits per heavy atom. The number of likely N-dealkylation sites (N-methyl/N-ethyl adjacent to an activating group) is 1. The van der Waals surface area contributed by atoms with E-state index in [0.29, 0.717) is 6.54 Å². The van der Waals surface area contributed by atoms with Crippen LogP contribution in [-0.4, -0.2) is 47.0 Å². The summed E-state index contributed by atoms with van der Waals surface area (Å²) in [6, 6.07) is 10.3. The van der Waals surface area contributed by atoms with E-state index < -0.39 is 0 Å². The molecule has 0 saturated carbocycles. The highest BCUT2D eigenvalue weighted by Crippen LogP contribution is 2.29. The Hall–Kier alpha value is -1.69. The molecule has 0 spiro atoms. The first kappa shape index (κ1) is 14.3. The molecule has 0 bridgehead atoms. The summed E-state index contributed by atoms with van der Waals surface area (Å²) in [5, 5.41) is 4.49. The van der Waals surface area contributed by atoms with E-state index in [9.17, 15) is 0 Å². The number of nitrogens with two attached hydrogens (primary N) is 1. The van der Waals surface area contributed by atoms with E-state index in [1.807, 2.05) is 41.2 Å². The van der Waals surface area contributed by atoms with Crippen LogP contribution in [-0.2, 0) is 4.74 Å². The van der Waals surface area contributed by atoms with Gasteiger partial charge in [0.15, 0.2) is 0 Å². The largest absolute Gasteiger partial charge is 0.374 e. The molecule has 0 amide bonds. The van der Waals surface area contributed by atoms with Gasteiger partial charge in [-0.1, -0.05) is 25.1 Å². The summed E-state index contributed by atoms with van der Waals surface area (Å²) < 4.78 is 7.75. The fraction of sp³-hybridized carbons (Fsp3) is 0.438. The van der Waals surface area contributed by atoms with Crippen molar-refractivity contribution in [3.05, 3.63) is 48.3 Å². The Morgan fingerprint density at radius 2 is 2.14 bits per heavy atom. The Labute approximate surface area is 125 Å². The van der Waals surface area contributed by atoms with Crippen LogP contribution in [0.5, 0.6) is 0 Å². The average molecular weight is 286 g/mol. The zero-order chi connectivity index (χ0) is 14.7. The highest BCUT2D eigenvalue weighted by atomic mass is 16.5. The van der Waals surface area contributed by atoms with Gasteiger partial charge in [-0.3, -0.25) is 4.90 Å². The van der Waals surface area contributed by atoms with Crippen molar-refractivity contribution in [3.63, 3.8) is 0 Å². The summed E-state index contributed by atoms with van der Waals surface area (Å²) in [5.74, 6) is 0. The van der Waals surface area contributed by atoms with E-state index in [1.165, 1.54) is 0 Å². The smallest absolute Gasteiger partial charge is 0.0895 e. The molecule has 0 aliphatic carbocycles. The molecular weight excluding hydrogens is 264 g/mol. The summed E-state index contributed by atoms with van der Waals surface area (Å²) >= 11 is 0. The first-order valence-corrected chi connectivity index (χ1v) is 7.49. The SMILES string of the molecule is CCN1CCOC(CN)C1c1cnn(-c2ccccc2)c1. The van der Waals surface area contributed by atoms with E-state index in [0.717, 1.165) is 30.9 Å². The number of aromatic nitrogens is 2. The average Bonchev–Trinajstić information content (AvgIpc) is 3.04. The molecule has 1 fully saturated rings. The highest BCUT2D eigenvalue weighted by molar-refractivity contribution is 5.31. The van der Waals surface area contributed by atoms with E-state index in [4.69, 9.17) is 10.5 Å². The number of ether oxygens (including phenoxy) is 1. The predicted molar refractivity (Wildman–Crippen MR) is 82.3 cm³/mol. The number of morpholine rings is 1. The van der Waals surface area contributed by atoms with Crippen LogP contribution in [0.25, 0.3) is 5.69 Å². The number of benzene rings is 1. The van der Waals surface area contributed by atoms with Crippen LogP contribution >= 0.6 is 0 Å². The third-order valence-electron chi connectivity index (χ3n) is 4.06. The molecule has 21 heavy (non-hydrogen) atoms. The summed E-state index contributed by atoms with van der Waals surface area (Å²) in [6.07, 6.45) is 4.05. The zero-order valence-corrected chi connectivity index (χ0v) is 12.4. The molecule has 1 saturated heterocycles. The normalized spacial score (nSPS) is 23.3. The Bertz CT molecular complexity index is 557. The van der Waals surface area contributed by atoms with Crippen molar-refractivity contribution in [2.75, 3.05) is 26.2 Å². The maximum absolute atomic E-state index is 5.89. The van der Waals surface area contributed by atoms with E-state index in [-0.39, 0.29) is 12.1 Å². The lowest BCUT2D eigenvalue weighted by atomic mass is 10.0. The van der Waals surface area contributed by atoms with Gasteiger partial charge in [-0.15, -0.1) is 0 Å². The van der Waals surface area contributed by atoms with Crippen molar-refractivity contribution in [3.8, 4) is 5.69 Å². The maximum Gasteiger partial charge on any atom is 0.0895 e. The maximum atomic E-state index is 5.89. The molecular formula is C16H22N4O. The van der Waals surface area contributed by atoms with Crippen molar-refractivity contribution in [1.29, 1.82) is 0 Å². The van der Waals surface area contributed by atoms with Crippen molar-refractivity contribution in [1.82, 2.24) is 14.7 Å². The molecule has 2 N–H and O–H groups in total. The van der Waals surface area contributed by atoms with Gasteiger partial charge in [0.05, 0.1) is 30.6 Å². The number of hydrogen-bond donors (Lipinski definition) is 1. The standard InChI is InChI=1S/C16H22N4O/c1-2-19-8-9-21-15(10-17)16(19)13-11-18-20(12-13)14-6-4-3-5-7-14/h3-7,11-12,15-16H,2,8-10,17H2,1H3. The molecule has 2 atom stereocenters. The fourth-order valence-electron chi connectivity index (χ4n) is 2.98. The minimum absolute atomic E-state index is 0.0344. The molecule has 5 heteroatoms. The molecule has 1 aliphatic heterocycles. The quantitative estimate of drug-likeness (QED) is 0.927. The minimum Gasteiger partial charge on any atom is -0.374 e. The number of rotatable bonds is 4. The second-order valence-electron chi connectivity index (χ2n) is 5.27. The Morgan fingerprint density at radius 1 is 1.33 bits per heavy atom. The van der Waals surface area contributed by atoms with Crippen molar-refractivity contribution < 1.29 is 4.74 Å². The highest BCUT2D eigenvalue weighted by Gasteiger charge is 2.32. The van der Waals surface area contributed by atoms with Gasteiger partial charge in [-0.25, -0.2) is 4.68 Å². The second kappa shape index (κ2) is 6.39. The first-order chi connectivity index (χ1) is 10.3. The van der Waals surface area contributed by atoms with Crippen molar-refractivity contribution >= 4 is 0 Å². The van der Waals surface area contributed by atoms with Gasteiger partial charge in [-0.05, 0) is 18.7 Å². The molecule has 2 aromatic rings. The van der Waals surface area contributed by atoms with Gasteiger partial charge in [-0.2, -0.15) is 5.10 Å². The summed E-state index contributed by atoms with van der Waals surface area (Å²) in [4.78, 5) is 2.41. The number of nitrogens with zero attached hydrogens (tertiary/aromatic N) is 3. The Kier molecular flexibility index (Phi) is 4.34. The molecule has 5 nitrogen and oxygen atoms in total. The Balaban J connectivity index is 1.89. The van der Waals surface area contributed by atoms with Gasteiger partial charge in [0.25, 0.3) is 0 Å². The lowest BCUT2D eigenvalue weighted by Gasteiger charge is -2.39. The summed E-state index contributed by atoms with van der Waals surface area (Å²) in [5.41, 5.74) is 8.11. The van der Waals surface area contributed by atoms with Crippen LogP contribution in [0.3, 0.4) is 0 Å². The molecule has 0 radical (unpaired) electrons. The van der Waals surface area contributed by atoms with Crippen LogP contribution in [0.2, 0.25) is 0 Å². The van der Waals surface area contributed by atoms with E-state index >= 15 is 0 Å². The number of para-hydroxylation sites is 1. The van der Waals surface area contributed by atoms with Gasteiger partial charge < -0.3 is 10.5 Å². The fourth-order valence-corrected chi connectivity index (χ4v) is 2.98. The van der Waals surface area contributed by atoms with Crippen molar-refractivity contribution in [2.45, 2.75) is 19.1 Å². The summed E-state index contributed by atoms with van der Waals surface area (Å²) in [6.45, 7) is 5.37. The lowest BCUT2D eigenvalue weighted by molar-refractivity contribution is -0.0658. The minimum atomic E-state index is 0.0344. The molecule has 112 valence electrons. The van der Waals surface area contributed by atoms with E-state index in [1.54, 1.807) is 0 Å². The monoisotopic (exact) mass is 286 g/mol. The van der Waals surface area contributed by atoms with E-state index in [2.05, 4.69) is 23.1 Å². The zero-order valence-electron chi connectivity index (χ0n) is 12.4. The first-order valence-electron chi connectivity index (χ1n) is 7.49. The van der Waals surface area contributed by atoms with Crippen LogP contribution < -0.4 is 5.73 Å². The predicted octanol–water partition coefficient (Wildman–Crippen LogP) is 1.59. The molecule has 2 heterocycles. The van der Waals surface area contributed by atoms with Crippen LogP contribution in [0.4, 0.5) is 0 Å². The van der Waals surface area contributed by atoms with Crippen molar-refractivity contribution in [2.24, 2.45) is 5.73 Å².